The molecule has 1 aromatic carbocycles. The van der Waals surface area contributed by atoms with Crippen molar-refractivity contribution in [2.45, 2.75) is 18.5 Å². The van der Waals surface area contributed by atoms with Gasteiger partial charge in [0.15, 0.2) is 0 Å². The van der Waals surface area contributed by atoms with Gasteiger partial charge >= 0.3 is 12.4 Å². The Balaban J connectivity index is 2.55. The molecule has 0 unspecified atom stereocenters. The molecule has 0 amide bonds. The van der Waals surface area contributed by atoms with Crippen molar-refractivity contribution in [3.8, 4) is 11.8 Å². The average Bonchev–Trinajstić information content (AvgIpc) is 2.35. The van der Waals surface area contributed by atoms with Gasteiger partial charge in [-0.3, -0.25) is 0 Å². The number of nitrogens with zero attached hydrogens (tertiary/aromatic N) is 1. The van der Waals surface area contributed by atoms with E-state index in [9.17, 15) is 26.3 Å². The van der Waals surface area contributed by atoms with E-state index in [0.29, 0.717) is 0 Å². The molecule has 0 spiro atoms. The lowest BCUT2D eigenvalue weighted by molar-refractivity contribution is -0.322. The van der Waals surface area contributed by atoms with Crippen molar-refractivity contribution in [1.29, 1.82) is 5.26 Å². The molecule has 116 valence electrons. The van der Waals surface area contributed by atoms with Crippen molar-refractivity contribution < 1.29 is 35.8 Å². The zero-order valence-electron chi connectivity index (χ0n) is 10.3. The summed E-state index contributed by atoms with van der Waals surface area (Å²) >= 11 is 0. The van der Waals surface area contributed by atoms with Gasteiger partial charge in [0.25, 0.3) is 0 Å². The van der Waals surface area contributed by atoms with Crippen LogP contribution < -0.4 is 4.74 Å². The molecule has 9 heteroatoms. The molecular weight excluding hydrogens is 304 g/mol. The molecule has 0 saturated carbocycles. The van der Waals surface area contributed by atoms with Crippen LogP contribution in [0.2, 0.25) is 0 Å². The fraction of sp³-hybridized carbons (Fsp3) is 0.417. The molecule has 0 aromatic heterocycles. The molecular formula is C12H9F6NO2. The highest BCUT2D eigenvalue weighted by molar-refractivity contribution is 5.42. The normalized spacial score (nSPS) is 12.3. The van der Waals surface area contributed by atoms with Crippen LogP contribution >= 0.6 is 0 Å². The van der Waals surface area contributed by atoms with Gasteiger partial charge in [0, 0.05) is 0 Å². The first-order chi connectivity index (χ1) is 9.66. The molecule has 3 nitrogen and oxygen atoms in total. The Kier molecular flexibility index (Phi) is 5.43. The van der Waals surface area contributed by atoms with Crippen molar-refractivity contribution in [2.24, 2.45) is 0 Å². The minimum absolute atomic E-state index is 0.0548. The Bertz CT molecular complexity index is 492. The quantitative estimate of drug-likeness (QED) is 0.618. The Labute approximate surface area is 115 Å². The van der Waals surface area contributed by atoms with E-state index in [0.717, 1.165) is 0 Å². The Morgan fingerprint density at radius 2 is 1.57 bits per heavy atom. The summed E-state index contributed by atoms with van der Waals surface area (Å²) in [6, 6.07) is 7.56. The molecule has 0 N–H and O–H groups in total. The van der Waals surface area contributed by atoms with Gasteiger partial charge in [0.2, 0.25) is 6.10 Å². The van der Waals surface area contributed by atoms with Crippen LogP contribution in [0.1, 0.15) is 5.56 Å². The first-order valence-electron chi connectivity index (χ1n) is 5.53. The van der Waals surface area contributed by atoms with Gasteiger partial charge in [0.05, 0.1) is 12.2 Å². The largest absolute Gasteiger partial charge is 0.490 e. The van der Waals surface area contributed by atoms with Crippen molar-refractivity contribution in [2.75, 3.05) is 13.2 Å². The molecule has 0 aliphatic heterocycles. The number of benzene rings is 1. The van der Waals surface area contributed by atoms with Crippen LogP contribution in [-0.4, -0.2) is 31.7 Å². The molecule has 0 heterocycles. The molecule has 0 radical (unpaired) electrons. The maximum absolute atomic E-state index is 12.2. The number of hydrogen-bond acceptors (Lipinski definition) is 3. The number of nitriles is 1. The van der Waals surface area contributed by atoms with E-state index < -0.39 is 31.7 Å². The Morgan fingerprint density at radius 3 is 2.10 bits per heavy atom. The summed E-state index contributed by atoms with van der Waals surface area (Å²) in [5.74, 6) is 0.0548. The van der Waals surface area contributed by atoms with Crippen LogP contribution in [0, 0.1) is 11.3 Å². The van der Waals surface area contributed by atoms with E-state index in [4.69, 9.17) is 10.00 Å². The van der Waals surface area contributed by atoms with Crippen LogP contribution in [0.4, 0.5) is 26.3 Å². The van der Waals surface area contributed by atoms with Crippen LogP contribution in [0.15, 0.2) is 24.3 Å². The standard InChI is InChI=1S/C12H9F6NO2/c13-11(14,15)10(12(16,17)18)21-6-5-20-9-4-2-1-3-8(9)7-19/h1-4,10H,5-6H2. The van der Waals surface area contributed by atoms with Gasteiger partial charge in [-0.2, -0.15) is 31.6 Å². The summed E-state index contributed by atoms with van der Waals surface area (Å²) < 4.78 is 81.7. The van der Waals surface area contributed by atoms with E-state index in [-0.39, 0.29) is 11.3 Å². The highest BCUT2D eigenvalue weighted by Gasteiger charge is 2.57. The number of ether oxygens (including phenoxy) is 2. The van der Waals surface area contributed by atoms with Crippen LogP contribution in [0.25, 0.3) is 0 Å². The third-order valence-electron chi connectivity index (χ3n) is 2.23. The maximum Gasteiger partial charge on any atom is 0.423 e. The molecule has 0 bridgehead atoms. The number of alkyl halides is 6. The molecule has 1 aromatic rings. The van der Waals surface area contributed by atoms with Crippen molar-refractivity contribution in [3.63, 3.8) is 0 Å². The minimum atomic E-state index is -5.55. The van der Waals surface area contributed by atoms with Crippen molar-refractivity contribution >= 4 is 0 Å². The fourth-order valence-electron chi connectivity index (χ4n) is 1.38. The van der Waals surface area contributed by atoms with Gasteiger partial charge in [-0.25, -0.2) is 0 Å². The zero-order chi connectivity index (χ0) is 16.1. The Morgan fingerprint density at radius 1 is 1.00 bits per heavy atom. The summed E-state index contributed by atoms with van der Waals surface area (Å²) in [5, 5.41) is 8.72. The minimum Gasteiger partial charge on any atom is -0.490 e. The zero-order valence-corrected chi connectivity index (χ0v) is 10.3. The first kappa shape index (κ1) is 17.1. The van der Waals surface area contributed by atoms with Crippen LogP contribution in [-0.2, 0) is 4.74 Å². The second-order valence-corrected chi connectivity index (χ2v) is 3.79. The summed E-state index contributed by atoms with van der Waals surface area (Å²) in [6.45, 7) is -1.48. The highest BCUT2D eigenvalue weighted by Crippen LogP contribution is 2.35. The Hall–Kier alpha value is -1.95. The molecule has 0 aliphatic rings. The van der Waals surface area contributed by atoms with E-state index in [1.807, 2.05) is 0 Å². The highest BCUT2D eigenvalue weighted by atomic mass is 19.4. The molecule has 0 fully saturated rings. The third kappa shape index (κ3) is 5.15. The van der Waals surface area contributed by atoms with Gasteiger partial charge in [0.1, 0.15) is 18.4 Å². The van der Waals surface area contributed by atoms with Crippen molar-refractivity contribution in [3.05, 3.63) is 29.8 Å². The van der Waals surface area contributed by atoms with Crippen LogP contribution in [0.3, 0.4) is 0 Å². The molecule has 0 aliphatic carbocycles. The second kappa shape index (κ2) is 6.67. The topological polar surface area (TPSA) is 42.2 Å². The molecule has 0 atom stereocenters. The van der Waals surface area contributed by atoms with Crippen molar-refractivity contribution in [1.82, 2.24) is 0 Å². The lowest BCUT2D eigenvalue weighted by Crippen LogP contribution is -2.44. The SMILES string of the molecule is N#Cc1ccccc1OCCOC(C(F)(F)F)C(F)(F)F. The van der Waals surface area contributed by atoms with Gasteiger partial charge < -0.3 is 9.47 Å². The molecule has 1 rings (SSSR count). The summed E-state index contributed by atoms with van der Waals surface area (Å²) in [4.78, 5) is 0. The lowest BCUT2D eigenvalue weighted by atomic mass is 10.2. The summed E-state index contributed by atoms with van der Waals surface area (Å²) in [6.07, 6.45) is -15.0. The smallest absolute Gasteiger partial charge is 0.423 e. The van der Waals surface area contributed by atoms with Gasteiger partial charge in [-0.15, -0.1) is 0 Å². The van der Waals surface area contributed by atoms with E-state index in [2.05, 4.69) is 4.74 Å². The average molecular weight is 313 g/mol. The number of rotatable bonds is 5. The third-order valence-corrected chi connectivity index (χ3v) is 2.23. The maximum atomic E-state index is 12.2. The monoisotopic (exact) mass is 313 g/mol. The van der Waals surface area contributed by atoms with E-state index in [1.54, 1.807) is 6.07 Å². The fourth-order valence-corrected chi connectivity index (χ4v) is 1.38. The predicted octanol–water partition coefficient (Wildman–Crippen LogP) is 3.45. The number of hydrogen-bond donors (Lipinski definition) is 0. The van der Waals surface area contributed by atoms with Crippen LogP contribution in [0.5, 0.6) is 5.75 Å². The first-order valence-corrected chi connectivity index (χ1v) is 5.53. The van der Waals surface area contributed by atoms with Gasteiger partial charge in [-0.05, 0) is 12.1 Å². The van der Waals surface area contributed by atoms with E-state index in [1.165, 1.54) is 24.3 Å². The summed E-state index contributed by atoms with van der Waals surface area (Å²) in [7, 11) is 0. The lowest BCUT2D eigenvalue weighted by Gasteiger charge is -2.23. The predicted molar refractivity (Wildman–Crippen MR) is 58.5 cm³/mol. The summed E-state index contributed by atoms with van der Waals surface area (Å²) in [5.41, 5.74) is 0.112. The van der Waals surface area contributed by atoms with Gasteiger partial charge in [-0.1, -0.05) is 12.1 Å². The van der Waals surface area contributed by atoms with E-state index >= 15 is 0 Å². The molecule has 21 heavy (non-hydrogen) atoms. The second-order valence-electron chi connectivity index (χ2n) is 3.79. The number of halogens is 6. The molecule has 0 saturated heterocycles. The number of para-hydroxylation sites is 1.